The van der Waals surface area contributed by atoms with E-state index in [-0.39, 0.29) is 31.1 Å². The molecule has 0 fully saturated rings. The minimum absolute atomic E-state index is 0.0777. The number of allylic oxidation sites excluding steroid dienone is 14. The van der Waals surface area contributed by atoms with E-state index < -0.39 is 6.10 Å². The molecule has 0 aliphatic heterocycles. The van der Waals surface area contributed by atoms with Crippen LogP contribution in [0, 0.1) is 0 Å². The van der Waals surface area contributed by atoms with Crippen molar-refractivity contribution in [1.82, 2.24) is 0 Å². The third kappa shape index (κ3) is 53.4. The minimum Gasteiger partial charge on any atom is -0.462 e. The van der Waals surface area contributed by atoms with Crippen molar-refractivity contribution in [3.8, 4) is 0 Å². The Morgan fingerprint density at radius 2 is 0.582 bits per heavy atom. The number of carbonyl (C=O) groups excluding carboxylic acids is 3. The Hall–Kier alpha value is -3.41. The number of hydrogen-bond donors (Lipinski definition) is 0. The lowest BCUT2D eigenvalue weighted by molar-refractivity contribution is -0.167. The molecule has 0 amide bonds. The van der Waals surface area contributed by atoms with Crippen LogP contribution in [-0.4, -0.2) is 37.2 Å². The lowest BCUT2D eigenvalue weighted by Gasteiger charge is -2.18. The summed E-state index contributed by atoms with van der Waals surface area (Å²) in [6.45, 7) is 6.46. The largest absolute Gasteiger partial charge is 0.462 e. The van der Waals surface area contributed by atoms with Gasteiger partial charge in [0.1, 0.15) is 13.2 Å². The zero-order valence-electron chi connectivity index (χ0n) is 43.9. The average Bonchev–Trinajstić information content (AvgIpc) is 3.33. The minimum atomic E-state index is -0.775. The molecule has 1 atom stereocenters. The fourth-order valence-corrected chi connectivity index (χ4v) is 7.72. The molecule has 6 heteroatoms. The van der Waals surface area contributed by atoms with Gasteiger partial charge < -0.3 is 14.2 Å². The highest BCUT2D eigenvalue weighted by molar-refractivity contribution is 5.71. The highest BCUT2D eigenvalue weighted by atomic mass is 16.6. The van der Waals surface area contributed by atoms with Crippen molar-refractivity contribution in [3.05, 3.63) is 85.1 Å². The number of hydrogen-bond acceptors (Lipinski definition) is 6. The van der Waals surface area contributed by atoms with Gasteiger partial charge in [-0.05, 0) is 77.0 Å². The van der Waals surface area contributed by atoms with Gasteiger partial charge in [-0.1, -0.05) is 254 Å². The third-order valence-corrected chi connectivity index (χ3v) is 11.9. The highest BCUT2D eigenvalue weighted by Crippen LogP contribution is 2.15. The first-order chi connectivity index (χ1) is 33.0. The first-order valence-corrected chi connectivity index (χ1v) is 28.1. The maximum atomic E-state index is 12.8. The van der Waals surface area contributed by atoms with Gasteiger partial charge in [0.05, 0.1) is 0 Å². The van der Waals surface area contributed by atoms with Crippen molar-refractivity contribution in [2.75, 3.05) is 13.2 Å². The topological polar surface area (TPSA) is 78.9 Å². The van der Waals surface area contributed by atoms with Crippen LogP contribution in [-0.2, 0) is 28.6 Å². The first kappa shape index (κ1) is 63.6. The van der Waals surface area contributed by atoms with Crippen LogP contribution < -0.4 is 0 Å². The van der Waals surface area contributed by atoms with Gasteiger partial charge in [-0.25, -0.2) is 0 Å². The second-order valence-corrected chi connectivity index (χ2v) is 18.5. The fraction of sp³-hybridized carbons (Fsp3) is 0.721. The number of carbonyl (C=O) groups is 3. The van der Waals surface area contributed by atoms with Crippen LogP contribution in [0.25, 0.3) is 0 Å². The molecule has 0 aromatic heterocycles. The summed E-state index contributed by atoms with van der Waals surface area (Å²) in [6.07, 6.45) is 71.7. The molecule has 1 unspecified atom stereocenters. The van der Waals surface area contributed by atoms with Gasteiger partial charge in [0.25, 0.3) is 0 Å². The number of rotatable bonds is 50. The summed E-state index contributed by atoms with van der Waals surface area (Å²) < 4.78 is 16.7. The molecule has 0 spiro atoms. The van der Waals surface area contributed by atoms with Crippen LogP contribution in [0.1, 0.15) is 265 Å². The normalized spacial score (nSPS) is 12.7. The van der Waals surface area contributed by atoms with Gasteiger partial charge in [-0.2, -0.15) is 0 Å². The molecule has 0 saturated carbocycles. The Bertz CT molecular complexity index is 1300. The summed E-state index contributed by atoms with van der Waals surface area (Å²) in [7, 11) is 0. The zero-order chi connectivity index (χ0) is 48.6. The molecule has 0 aromatic rings. The molecular formula is C61H104O6. The SMILES string of the molecule is CC/C=C\C/C=C\C/C=C\C/C=C\C/C=C\C/C=C\C/C=C\CCCCCCCCCC(=O)OCC(COC(=O)CCCCCCCC)OC(=O)CCCCCCCCCCCCCCCC. The summed E-state index contributed by atoms with van der Waals surface area (Å²) in [5, 5.41) is 0. The Morgan fingerprint density at radius 1 is 0.313 bits per heavy atom. The predicted octanol–water partition coefficient (Wildman–Crippen LogP) is 18.8. The molecule has 0 radical (unpaired) electrons. The smallest absolute Gasteiger partial charge is 0.306 e. The Labute approximate surface area is 414 Å². The monoisotopic (exact) mass is 933 g/mol. The third-order valence-electron chi connectivity index (χ3n) is 11.9. The quantitative estimate of drug-likeness (QED) is 0.0262. The molecule has 0 aliphatic carbocycles. The van der Waals surface area contributed by atoms with E-state index in [1.54, 1.807) is 0 Å². The molecule has 0 rings (SSSR count). The fourth-order valence-electron chi connectivity index (χ4n) is 7.72. The molecule has 67 heavy (non-hydrogen) atoms. The molecule has 0 bridgehead atoms. The van der Waals surface area contributed by atoms with Gasteiger partial charge in [-0.15, -0.1) is 0 Å². The van der Waals surface area contributed by atoms with Gasteiger partial charge in [-0.3, -0.25) is 14.4 Å². The molecule has 0 heterocycles. The van der Waals surface area contributed by atoms with E-state index in [1.807, 2.05) is 0 Å². The van der Waals surface area contributed by atoms with Crippen molar-refractivity contribution in [2.45, 2.75) is 271 Å². The van der Waals surface area contributed by atoms with Crippen molar-refractivity contribution < 1.29 is 28.6 Å². The van der Waals surface area contributed by atoms with E-state index >= 15 is 0 Å². The number of unbranched alkanes of at least 4 members (excludes halogenated alkanes) is 25. The lowest BCUT2D eigenvalue weighted by Crippen LogP contribution is -2.30. The van der Waals surface area contributed by atoms with Crippen molar-refractivity contribution in [3.63, 3.8) is 0 Å². The average molecular weight is 933 g/mol. The summed E-state index contributed by atoms with van der Waals surface area (Å²) in [5.74, 6) is -0.894. The van der Waals surface area contributed by atoms with Gasteiger partial charge in [0, 0.05) is 19.3 Å². The molecule has 0 aliphatic rings. The molecule has 384 valence electrons. The second-order valence-electron chi connectivity index (χ2n) is 18.5. The highest BCUT2D eigenvalue weighted by Gasteiger charge is 2.19. The Balaban J connectivity index is 4.14. The summed E-state index contributed by atoms with van der Waals surface area (Å²) in [6, 6.07) is 0. The summed E-state index contributed by atoms with van der Waals surface area (Å²) in [4.78, 5) is 37.8. The maximum Gasteiger partial charge on any atom is 0.306 e. The Morgan fingerprint density at radius 3 is 0.910 bits per heavy atom. The lowest BCUT2D eigenvalue weighted by atomic mass is 10.0. The summed E-state index contributed by atoms with van der Waals surface area (Å²) >= 11 is 0. The predicted molar refractivity (Wildman–Crippen MR) is 288 cm³/mol. The maximum absolute atomic E-state index is 12.8. The van der Waals surface area contributed by atoms with Crippen molar-refractivity contribution in [1.29, 1.82) is 0 Å². The van der Waals surface area contributed by atoms with Crippen LogP contribution in [0.15, 0.2) is 85.1 Å². The van der Waals surface area contributed by atoms with E-state index in [0.717, 1.165) is 109 Å². The van der Waals surface area contributed by atoms with Gasteiger partial charge >= 0.3 is 17.9 Å². The molecule has 6 nitrogen and oxygen atoms in total. The van der Waals surface area contributed by atoms with Crippen LogP contribution in [0.2, 0.25) is 0 Å². The van der Waals surface area contributed by atoms with Crippen molar-refractivity contribution >= 4 is 17.9 Å². The van der Waals surface area contributed by atoms with Crippen LogP contribution in [0.3, 0.4) is 0 Å². The van der Waals surface area contributed by atoms with Crippen LogP contribution in [0.4, 0.5) is 0 Å². The van der Waals surface area contributed by atoms with Gasteiger partial charge in [0.2, 0.25) is 0 Å². The van der Waals surface area contributed by atoms with Crippen LogP contribution >= 0.6 is 0 Å². The van der Waals surface area contributed by atoms with E-state index in [0.29, 0.717) is 19.3 Å². The van der Waals surface area contributed by atoms with E-state index in [1.165, 1.54) is 116 Å². The molecule has 0 N–H and O–H groups in total. The zero-order valence-corrected chi connectivity index (χ0v) is 43.9. The van der Waals surface area contributed by atoms with E-state index in [2.05, 4.69) is 106 Å². The van der Waals surface area contributed by atoms with Gasteiger partial charge in [0.15, 0.2) is 6.10 Å². The molecule has 0 saturated heterocycles. The standard InChI is InChI=1S/C61H104O6/c1-4-7-10-13-16-18-20-22-24-25-26-27-28-29-30-31-32-33-34-35-36-37-38-40-41-43-45-48-51-54-60(63)66-57-58(56-65-59(62)53-50-47-15-12-9-6-3)67-61(64)55-52-49-46-44-42-39-23-21-19-17-14-11-8-5-2/h7,10,16,18,22,24,26-27,29-30,32-33,35-36,58H,4-6,8-9,11-15,17,19-21,23,25,28,31,34,37-57H2,1-3H3/b10-7-,18-16-,24-22-,27-26-,30-29-,33-32-,36-35-. The Kier molecular flexibility index (Phi) is 52.4. The summed E-state index contributed by atoms with van der Waals surface area (Å²) in [5.41, 5.74) is 0. The number of esters is 3. The molecule has 0 aromatic carbocycles. The molecular weight excluding hydrogens is 829 g/mol. The van der Waals surface area contributed by atoms with Crippen molar-refractivity contribution in [2.24, 2.45) is 0 Å². The van der Waals surface area contributed by atoms with E-state index in [4.69, 9.17) is 14.2 Å². The van der Waals surface area contributed by atoms with Crippen LogP contribution in [0.5, 0.6) is 0 Å². The first-order valence-electron chi connectivity index (χ1n) is 28.1. The van der Waals surface area contributed by atoms with E-state index in [9.17, 15) is 14.4 Å². The number of ether oxygens (including phenoxy) is 3. The second kappa shape index (κ2) is 55.2.